The minimum absolute atomic E-state index is 0.348. The molecule has 0 saturated carbocycles. The molecule has 0 radical (unpaired) electrons. The van der Waals surface area contributed by atoms with Crippen molar-refractivity contribution < 1.29 is 4.74 Å². The summed E-state index contributed by atoms with van der Waals surface area (Å²) in [5, 5.41) is 4.73. The van der Waals surface area contributed by atoms with E-state index >= 15 is 0 Å². The van der Waals surface area contributed by atoms with Crippen molar-refractivity contribution in [1.29, 1.82) is 0 Å². The SMILES string of the molecule is Cc1sc2ncnc(NC(C)CN3CCOCC3)c2c1C. The van der Waals surface area contributed by atoms with Gasteiger partial charge in [-0.25, -0.2) is 9.97 Å². The Balaban J connectivity index is 1.74. The molecule has 1 unspecified atom stereocenters. The number of nitrogens with one attached hydrogen (secondary N) is 1. The predicted octanol–water partition coefficient (Wildman–Crippen LogP) is 2.44. The van der Waals surface area contributed by atoms with E-state index in [0.717, 1.165) is 43.5 Å². The summed E-state index contributed by atoms with van der Waals surface area (Å²) in [5.74, 6) is 0.961. The average molecular weight is 306 g/mol. The van der Waals surface area contributed by atoms with Gasteiger partial charge in [-0.2, -0.15) is 0 Å². The molecule has 1 aliphatic heterocycles. The van der Waals surface area contributed by atoms with Gasteiger partial charge in [-0.15, -0.1) is 11.3 Å². The normalized spacial score (nSPS) is 18.0. The van der Waals surface area contributed by atoms with Crippen molar-refractivity contribution in [2.75, 3.05) is 38.2 Å². The van der Waals surface area contributed by atoms with Gasteiger partial charge in [0, 0.05) is 30.6 Å². The molecule has 1 fully saturated rings. The molecule has 2 aromatic heterocycles. The van der Waals surface area contributed by atoms with Crippen molar-refractivity contribution in [3.05, 3.63) is 16.8 Å². The van der Waals surface area contributed by atoms with Crippen molar-refractivity contribution >= 4 is 27.4 Å². The van der Waals surface area contributed by atoms with Crippen LogP contribution >= 0.6 is 11.3 Å². The highest BCUT2D eigenvalue weighted by Gasteiger charge is 2.16. The van der Waals surface area contributed by atoms with E-state index in [0.29, 0.717) is 6.04 Å². The third-order valence-corrected chi connectivity index (χ3v) is 5.10. The minimum Gasteiger partial charge on any atom is -0.379 e. The summed E-state index contributed by atoms with van der Waals surface area (Å²) in [6.45, 7) is 11.2. The number of hydrogen-bond donors (Lipinski definition) is 1. The van der Waals surface area contributed by atoms with Crippen LogP contribution in [0.1, 0.15) is 17.4 Å². The summed E-state index contributed by atoms with van der Waals surface area (Å²) in [5.41, 5.74) is 1.29. The van der Waals surface area contributed by atoms with Crippen molar-refractivity contribution in [1.82, 2.24) is 14.9 Å². The number of aryl methyl sites for hydroxylation is 2. The van der Waals surface area contributed by atoms with E-state index in [4.69, 9.17) is 4.74 Å². The zero-order valence-corrected chi connectivity index (χ0v) is 13.7. The first kappa shape index (κ1) is 14.7. The van der Waals surface area contributed by atoms with Gasteiger partial charge in [0.15, 0.2) is 0 Å². The molecule has 0 bridgehead atoms. The fourth-order valence-corrected chi connectivity index (χ4v) is 3.74. The summed E-state index contributed by atoms with van der Waals surface area (Å²) < 4.78 is 5.39. The van der Waals surface area contributed by atoms with Gasteiger partial charge in [-0.1, -0.05) is 0 Å². The quantitative estimate of drug-likeness (QED) is 0.940. The van der Waals surface area contributed by atoms with E-state index in [1.54, 1.807) is 17.7 Å². The maximum absolute atomic E-state index is 5.39. The Hall–Kier alpha value is -1.24. The van der Waals surface area contributed by atoms with Crippen LogP contribution in [0.4, 0.5) is 5.82 Å². The molecule has 0 aromatic carbocycles. The Labute approximate surface area is 129 Å². The fraction of sp³-hybridized carbons (Fsp3) is 0.600. The lowest BCUT2D eigenvalue weighted by Crippen LogP contribution is -2.42. The number of thiophene rings is 1. The molecule has 0 amide bonds. The number of rotatable bonds is 4. The fourth-order valence-electron chi connectivity index (χ4n) is 2.74. The molecule has 0 aliphatic carbocycles. The third kappa shape index (κ3) is 3.17. The second-order valence-electron chi connectivity index (χ2n) is 5.64. The molecular formula is C15H22N4OS. The van der Waals surface area contributed by atoms with Crippen LogP contribution in [0.5, 0.6) is 0 Å². The average Bonchev–Trinajstić information content (AvgIpc) is 2.76. The highest BCUT2D eigenvalue weighted by atomic mass is 32.1. The summed E-state index contributed by atoms with van der Waals surface area (Å²) in [6.07, 6.45) is 1.65. The maximum atomic E-state index is 5.39. The van der Waals surface area contributed by atoms with E-state index in [9.17, 15) is 0 Å². The highest BCUT2D eigenvalue weighted by molar-refractivity contribution is 7.18. The molecule has 1 aliphatic rings. The topological polar surface area (TPSA) is 50.3 Å². The Bertz CT molecular complexity index is 621. The minimum atomic E-state index is 0.348. The first-order chi connectivity index (χ1) is 10.1. The molecule has 21 heavy (non-hydrogen) atoms. The van der Waals surface area contributed by atoms with E-state index in [1.807, 2.05) is 0 Å². The predicted molar refractivity (Wildman–Crippen MR) is 87.2 cm³/mol. The number of aromatic nitrogens is 2. The Morgan fingerprint density at radius 3 is 2.86 bits per heavy atom. The van der Waals surface area contributed by atoms with Gasteiger partial charge in [0.2, 0.25) is 0 Å². The van der Waals surface area contributed by atoms with Crippen LogP contribution in [0.25, 0.3) is 10.2 Å². The third-order valence-electron chi connectivity index (χ3n) is 3.98. The number of hydrogen-bond acceptors (Lipinski definition) is 6. The van der Waals surface area contributed by atoms with Gasteiger partial charge in [-0.3, -0.25) is 4.90 Å². The van der Waals surface area contributed by atoms with Gasteiger partial charge in [0.1, 0.15) is 17.0 Å². The molecule has 5 nitrogen and oxygen atoms in total. The monoisotopic (exact) mass is 306 g/mol. The van der Waals surface area contributed by atoms with E-state index in [1.165, 1.54) is 15.8 Å². The Morgan fingerprint density at radius 1 is 1.33 bits per heavy atom. The molecule has 1 saturated heterocycles. The molecule has 6 heteroatoms. The second kappa shape index (κ2) is 6.25. The van der Waals surface area contributed by atoms with Crippen LogP contribution in [-0.4, -0.2) is 53.8 Å². The molecule has 1 atom stereocenters. The maximum Gasteiger partial charge on any atom is 0.138 e. The zero-order chi connectivity index (χ0) is 14.8. The molecule has 3 heterocycles. The smallest absolute Gasteiger partial charge is 0.138 e. The van der Waals surface area contributed by atoms with E-state index in [-0.39, 0.29) is 0 Å². The van der Waals surface area contributed by atoms with Crippen LogP contribution in [0.15, 0.2) is 6.33 Å². The largest absolute Gasteiger partial charge is 0.379 e. The molecule has 3 rings (SSSR count). The second-order valence-corrected chi connectivity index (χ2v) is 6.85. The Morgan fingerprint density at radius 2 is 2.10 bits per heavy atom. The lowest BCUT2D eigenvalue weighted by Gasteiger charge is -2.29. The molecule has 2 aromatic rings. The van der Waals surface area contributed by atoms with Crippen LogP contribution in [-0.2, 0) is 4.74 Å². The lowest BCUT2D eigenvalue weighted by atomic mass is 10.2. The van der Waals surface area contributed by atoms with Crippen molar-refractivity contribution in [3.63, 3.8) is 0 Å². The van der Waals surface area contributed by atoms with Crippen LogP contribution in [0, 0.1) is 13.8 Å². The number of anilines is 1. The summed E-state index contributed by atoms with van der Waals surface area (Å²) in [6, 6.07) is 0.348. The molecule has 114 valence electrons. The Kier molecular flexibility index (Phi) is 4.37. The van der Waals surface area contributed by atoms with Crippen LogP contribution < -0.4 is 5.32 Å². The lowest BCUT2D eigenvalue weighted by molar-refractivity contribution is 0.0368. The number of ether oxygens (including phenoxy) is 1. The zero-order valence-electron chi connectivity index (χ0n) is 12.8. The van der Waals surface area contributed by atoms with Gasteiger partial charge in [-0.05, 0) is 26.3 Å². The van der Waals surface area contributed by atoms with Gasteiger partial charge in [0.25, 0.3) is 0 Å². The molecular weight excluding hydrogens is 284 g/mol. The summed E-state index contributed by atoms with van der Waals surface area (Å²) >= 11 is 1.74. The van der Waals surface area contributed by atoms with Crippen molar-refractivity contribution in [2.45, 2.75) is 26.8 Å². The van der Waals surface area contributed by atoms with Crippen molar-refractivity contribution in [2.24, 2.45) is 0 Å². The summed E-state index contributed by atoms with van der Waals surface area (Å²) in [7, 11) is 0. The van der Waals surface area contributed by atoms with E-state index < -0.39 is 0 Å². The molecule has 1 N–H and O–H groups in total. The summed E-state index contributed by atoms with van der Waals surface area (Å²) in [4.78, 5) is 13.7. The van der Waals surface area contributed by atoms with Crippen molar-refractivity contribution in [3.8, 4) is 0 Å². The van der Waals surface area contributed by atoms with Gasteiger partial charge >= 0.3 is 0 Å². The molecule has 0 spiro atoms. The highest BCUT2D eigenvalue weighted by Crippen LogP contribution is 2.32. The number of nitrogens with zero attached hydrogens (tertiary/aromatic N) is 3. The van der Waals surface area contributed by atoms with E-state index in [2.05, 4.69) is 41.0 Å². The van der Waals surface area contributed by atoms with Gasteiger partial charge in [0.05, 0.1) is 18.6 Å². The van der Waals surface area contributed by atoms with Crippen LogP contribution in [0.2, 0.25) is 0 Å². The first-order valence-corrected chi connectivity index (χ1v) is 8.24. The standard InChI is InChI=1S/C15H22N4OS/c1-10(8-19-4-6-20-7-5-19)18-14-13-11(2)12(3)21-15(13)17-9-16-14/h9-10H,4-8H2,1-3H3,(H,16,17,18). The number of morpholine rings is 1. The first-order valence-electron chi connectivity index (χ1n) is 7.42. The van der Waals surface area contributed by atoms with Gasteiger partial charge < -0.3 is 10.1 Å². The van der Waals surface area contributed by atoms with Crippen LogP contribution in [0.3, 0.4) is 0 Å². The number of fused-ring (bicyclic) bond motifs is 1.